The predicted octanol–water partition coefficient (Wildman–Crippen LogP) is 2.84. The standard InChI is InChI=1S/C19H20FNO5S/c1-13-11-21(12-14(2)25-13)27(23,24)18-8-6-15(7-9-18)19(22)26-17-5-3-4-16(20)10-17/h3-10,13-14H,11-12H2,1-2H3/t13-,14-/m0/s1. The molecule has 0 aliphatic carbocycles. The molecule has 0 amide bonds. The van der Waals surface area contributed by atoms with Gasteiger partial charge in [0.15, 0.2) is 0 Å². The van der Waals surface area contributed by atoms with Crippen LogP contribution in [0.4, 0.5) is 4.39 Å². The lowest BCUT2D eigenvalue weighted by Gasteiger charge is -2.34. The first-order valence-corrected chi connectivity index (χ1v) is 9.93. The number of halogens is 1. The molecule has 1 aliphatic heterocycles. The van der Waals surface area contributed by atoms with Crippen molar-refractivity contribution in [3.63, 3.8) is 0 Å². The van der Waals surface area contributed by atoms with E-state index < -0.39 is 21.8 Å². The van der Waals surface area contributed by atoms with E-state index in [1.807, 2.05) is 13.8 Å². The van der Waals surface area contributed by atoms with Crippen LogP contribution in [-0.2, 0) is 14.8 Å². The number of esters is 1. The Morgan fingerprint density at radius 1 is 1.11 bits per heavy atom. The van der Waals surface area contributed by atoms with Crippen LogP contribution in [0, 0.1) is 5.82 Å². The Hall–Kier alpha value is -2.29. The zero-order valence-electron chi connectivity index (χ0n) is 15.0. The van der Waals surface area contributed by atoms with E-state index in [4.69, 9.17) is 9.47 Å². The van der Waals surface area contributed by atoms with Gasteiger partial charge in [0.2, 0.25) is 10.0 Å². The summed E-state index contributed by atoms with van der Waals surface area (Å²) in [6.07, 6.45) is -0.381. The van der Waals surface area contributed by atoms with Crippen molar-refractivity contribution in [1.82, 2.24) is 4.31 Å². The Morgan fingerprint density at radius 3 is 2.33 bits per heavy atom. The third kappa shape index (κ3) is 4.52. The molecule has 2 atom stereocenters. The number of sulfonamides is 1. The van der Waals surface area contributed by atoms with Gasteiger partial charge in [0.25, 0.3) is 0 Å². The van der Waals surface area contributed by atoms with E-state index >= 15 is 0 Å². The zero-order chi connectivity index (χ0) is 19.6. The van der Waals surface area contributed by atoms with Crippen LogP contribution >= 0.6 is 0 Å². The summed E-state index contributed by atoms with van der Waals surface area (Å²) >= 11 is 0. The quantitative estimate of drug-likeness (QED) is 0.590. The molecule has 6 nitrogen and oxygen atoms in total. The molecule has 3 rings (SSSR count). The molecule has 0 spiro atoms. The van der Waals surface area contributed by atoms with Crippen molar-refractivity contribution < 1.29 is 27.1 Å². The summed E-state index contributed by atoms with van der Waals surface area (Å²) in [4.78, 5) is 12.2. The second-order valence-electron chi connectivity index (χ2n) is 6.45. The van der Waals surface area contributed by atoms with Crippen molar-refractivity contribution in [3.05, 3.63) is 59.9 Å². The Balaban J connectivity index is 1.75. The molecular formula is C19H20FNO5S. The van der Waals surface area contributed by atoms with Crippen molar-refractivity contribution in [2.45, 2.75) is 31.0 Å². The lowest BCUT2D eigenvalue weighted by Crippen LogP contribution is -2.48. The molecule has 0 N–H and O–H groups in total. The first-order valence-electron chi connectivity index (χ1n) is 8.49. The SMILES string of the molecule is C[C@H]1CN(S(=O)(=O)c2ccc(C(=O)Oc3cccc(F)c3)cc2)C[C@H](C)O1. The molecule has 1 fully saturated rings. The van der Waals surface area contributed by atoms with E-state index in [1.165, 1.54) is 46.8 Å². The van der Waals surface area contributed by atoms with Gasteiger partial charge >= 0.3 is 5.97 Å². The Labute approximate surface area is 157 Å². The predicted molar refractivity (Wildman–Crippen MR) is 96.6 cm³/mol. The Kier molecular flexibility index (Phi) is 5.59. The van der Waals surface area contributed by atoms with E-state index in [0.717, 1.165) is 6.07 Å². The smallest absolute Gasteiger partial charge is 0.343 e. The van der Waals surface area contributed by atoms with Gasteiger partial charge in [-0.2, -0.15) is 4.31 Å². The number of carbonyl (C=O) groups excluding carboxylic acids is 1. The fourth-order valence-electron chi connectivity index (χ4n) is 2.94. The second-order valence-corrected chi connectivity index (χ2v) is 8.39. The summed E-state index contributed by atoms with van der Waals surface area (Å²) < 4.78 is 50.8. The topological polar surface area (TPSA) is 72.9 Å². The number of carbonyl (C=O) groups is 1. The molecule has 0 saturated carbocycles. The number of nitrogens with zero attached hydrogens (tertiary/aromatic N) is 1. The van der Waals surface area contributed by atoms with Crippen molar-refractivity contribution in [1.29, 1.82) is 0 Å². The monoisotopic (exact) mass is 393 g/mol. The van der Waals surface area contributed by atoms with Gasteiger partial charge in [0.05, 0.1) is 22.7 Å². The minimum absolute atomic E-state index is 0.0768. The highest BCUT2D eigenvalue weighted by Crippen LogP contribution is 2.22. The van der Waals surface area contributed by atoms with Crippen LogP contribution in [0.25, 0.3) is 0 Å². The van der Waals surface area contributed by atoms with Gasteiger partial charge in [0.1, 0.15) is 11.6 Å². The summed E-state index contributed by atoms with van der Waals surface area (Å²) in [7, 11) is -3.68. The maximum atomic E-state index is 13.2. The molecule has 27 heavy (non-hydrogen) atoms. The largest absolute Gasteiger partial charge is 0.423 e. The first kappa shape index (κ1) is 19.5. The van der Waals surface area contributed by atoms with Crippen LogP contribution in [0.2, 0.25) is 0 Å². The van der Waals surface area contributed by atoms with E-state index in [-0.39, 0.29) is 41.5 Å². The second kappa shape index (κ2) is 7.75. The highest BCUT2D eigenvalue weighted by atomic mass is 32.2. The van der Waals surface area contributed by atoms with Gasteiger partial charge in [-0.1, -0.05) is 6.07 Å². The lowest BCUT2D eigenvalue weighted by molar-refractivity contribution is -0.0440. The van der Waals surface area contributed by atoms with E-state index in [1.54, 1.807) is 0 Å². The van der Waals surface area contributed by atoms with Gasteiger partial charge in [-0.25, -0.2) is 17.6 Å². The number of ether oxygens (including phenoxy) is 2. The third-order valence-corrected chi connectivity index (χ3v) is 5.97. The highest BCUT2D eigenvalue weighted by molar-refractivity contribution is 7.89. The van der Waals surface area contributed by atoms with Gasteiger partial charge in [-0.15, -0.1) is 0 Å². The van der Waals surface area contributed by atoms with Crippen LogP contribution in [0.1, 0.15) is 24.2 Å². The lowest BCUT2D eigenvalue weighted by atomic mass is 10.2. The molecule has 0 bridgehead atoms. The van der Waals surface area contributed by atoms with E-state index in [0.29, 0.717) is 0 Å². The minimum Gasteiger partial charge on any atom is -0.423 e. The first-order chi connectivity index (χ1) is 12.8. The molecule has 0 aromatic heterocycles. The number of hydrogen-bond donors (Lipinski definition) is 0. The van der Waals surface area contributed by atoms with Crippen LogP contribution in [0.15, 0.2) is 53.4 Å². The average molecular weight is 393 g/mol. The fraction of sp³-hybridized carbons (Fsp3) is 0.316. The summed E-state index contributed by atoms with van der Waals surface area (Å²) in [6.45, 7) is 4.19. The molecular weight excluding hydrogens is 373 g/mol. The van der Waals surface area contributed by atoms with E-state index in [9.17, 15) is 17.6 Å². The summed E-state index contributed by atoms with van der Waals surface area (Å²) in [6, 6.07) is 10.7. The highest BCUT2D eigenvalue weighted by Gasteiger charge is 2.32. The average Bonchev–Trinajstić information content (AvgIpc) is 2.61. The number of rotatable bonds is 4. The summed E-state index contributed by atoms with van der Waals surface area (Å²) in [5.41, 5.74) is 0.168. The zero-order valence-corrected chi connectivity index (χ0v) is 15.8. The molecule has 1 heterocycles. The van der Waals surface area contributed by atoms with E-state index in [2.05, 4.69) is 0 Å². The molecule has 1 aliphatic rings. The maximum Gasteiger partial charge on any atom is 0.343 e. The fourth-order valence-corrected chi connectivity index (χ4v) is 4.53. The van der Waals surface area contributed by atoms with Crippen LogP contribution in [0.5, 0.6) is 5.75 Å². The Bertz CT molecular complexity index is 919. The third-order valence-electron chi connectivity index (χ3n) is 4.12. The molecule has 0 unspecified atom stereocenters. The van der Waals surface area contributed by atoms with Crippen LogP contribution < -0.4 is 4.74 Å². The van der Waals surface area contributed by atoms with Crippen molar-refractivity contribution in [3.8, 4) is 5.75 Å². The van der Waals surface area contributed by atoms with Crippen LogP contribution in [-0.4, -0.2) is 44.0 Å². The molecule has 8 heteroatoms. The molecule has 2 aromatic rings. The molecule has 0 radical (unpaired) electrons. The van der Waals surface area contributed by atoms with Gasteiger partial charge in [0, 0.05) is 19.2 Å². The maximum absolute atomic E-state index is 13.2. The van der Waals surface area contributed by atoms with Crippen molar-refractivity contribution in [2.75, 3.05) is 13.1 Å². The summed E-state index contributed by atoms with van der Waals surface area (Å²) in [5, 5.41) is 0. The van der Waals surface area contributed by atoms with Crippen LogP contribution in [0.3, 0.4) is 0 Å². The Morgan fingerprint density at radius 2 is 1.74 bits per heavy atom. The van der Waals surface area contributed by atoms with Crippen molar-refractivity contribution in [2.24, 2.45) is 0 Å². The summed E-state index contributed by atoms with van der Waals surface area (Å²) in [5.74, 6) is -1.14. The minimum atomic E-state index is -3.68. The van der Waals surface area contributed by atoms with Gasteiger partial charge in [-0.3, -0.25) is 0 Å². The van der Waals surface area contributed by atoms with Gasteiger partial charge in [-0.05, 0) is 50.2 Å². The number of morpholine rings is 1. The number of hydrogen-bond acceptors (Lipinski definition) is 5. The van der Waals surface area contributed by atoms with Gasteiger partial charge < -0.3 is 9.47 Å². The molecule has 144 valence electrons. The number of benzene rings is 2. The normalized spacial score (nSPS) is 21.0. The molecule has 2 aromatic carbocycles. The molecule has 1 saturated heterocycles. The van der Waals surface area contributed by atoms with Crippen molar-refractivity contribution >= 4 is 16.0 Å².